The number of benzene rings is 3. The molecule has 1 amide bonds. The average Bonchev–Trinajstić information content (AvgIpc) is 2.69. The molecule has 0 saturated heterocycles. The topological polar surface area (TPSA) is 59.3 Å². The molecule has 5 heteroatoms. The molecule has 1 aromatic heterocycles. The van der Waals surface area contributed by atoms with Crippen molar-refractivity contribution in [3.8, 4) is 11.1 Å². The van der Waals surface area contributed by atoms with Gasteiger partial charge in [-0.05, 0) is 57.9 Å². The summed E-state index contributed by atoms with van der Waals surface area (Å²) in [6.45, 7) is 0. The SMILES string of the molecule is O=C(Nc1ccccc1Br)c1ccc(-c2cc3ccccc3oc2=O)cc1. The maximum absolute atomic E-state index is 12.4. The first-order valence-corrected chi connectivity index (χ1v) is 9.10. The fourth-order valence-electron chi connectivity index (χ4n) is 2.82. The average molecular weight is 420 g/mol. The van der Waals surface area contributed by atoms with E-state index in [-0.39, 0.29) is 5.91 Å². The largest absolute Gasteiger partial charge is 0.422 e. The molecule has 0 saturated carbocycles. The van der Waals surface area contributed by atoms with Gasteiger partial charge in [0.1, 0.15) is 5.58 Å². The molecule has 0 fully saturated rings. The maximum atomic E-state index is 12.4. The van der Waals surface area contributed by atoms with Crippen molar-refractivity contribution in [3.63, 3.8) is 0 Å². The number of hydrogen-bond acceptors (Lipinski definition) is 3. The summed E-state index contributed by atoms with van der Waals surface area (Å²) in [6.07, 6.45) is 0. The van der Waals surface area contributed by atoms with Crippen molar-refractivity contribution in [1.82, 2.24) is 0 Å². The van der Waals surface area contributed by atoms with Gasteiger partial charge in [0.2, 0.25) is 0 Å². The molecule has 0 aliphatic carbocycles. The second kappa shape index (κ2) is 7.21. The predicted molar refractivity (Wildman–Crippen MR) is 110 cm³/mol. The monoisotopic (exact) mass is 419 g/mol. The maximum Gasteiger partial charge on any atom is 0.344 e. The first kappa shape index (κ1) is 17.2. The summed E-state index contributed by atoms with van der Waals surface area (Å²) < 4.78 is 6.19. The highest BCUT2D eigenvalue weighted by Crippen LogP contribution is 2.24. The standard InChI is InChI=1S/C22H14BrNO3/c23-18-6-2-3-7-19(18)24-21(25)15-11-9-14(10-12-15)17-13-16-5-1-4-8-20(16)27-22(17)26/h1-13H,(H,24,25). The summed E-state index contributed by atoms with van der Waals surface area (Å²) >= 11 is 3.41. The zero-order valence-electron chi connectivity index (χ0n) is 14.1. The Hall–Kier alpha value is -3.18. The van der Waals surface area contributed by atoms with Gasteiger partial charge in [0.15, 0.2) is 0 Å². The minimum absolute atomic E-state index is 0.223. The number of amides is 1. The molecule has 4 aromatic rings. The van der Waals surface area contributed by atoms with Crippen LogP contribution in [0.1, 0.15) is 10.4 Å². The van der Waals surface area contributed by atoms with Crippen molar-refractivity contribution in [2.75, 3.05) is 5.32 Å². The van der Waals surface area contributed by atoms with E-state index in [1.165, 1.54) is 0 Å². The van der Waals surface area contributed by atoms with Crippen molar-refractivity contribution in [1.29, 1.82) is 0 Å². The molecule has 0 aliphatic heterocycles. The number of halogens is 1. The summed E-state index contributed by atoms with van der Waals surface area (Å²) in [7, 11) is 0. The number of anilines is 1. The first-order valence-electron chi connectivity index (χ1n) is 8.31. The van der Waals surface area contributed by atoms with Gasteiger partial charge in [-0.1, -0.05) is 42.5 Å². The Morgan fingerprint density at radius 2 is 1.59 bits per heavy atom. The van der Waals surface area contributed by atoms with Gasteiger partial charge in [-0.2, -0.15) is 0 Å². The van der Waals surface area contributed by atoms with E-state index in [1.807, 2.05) is 42.5 Å². The zero-order valence-corrected chi connectivity index (χ0v) is 15.7. The first-order chi connectivity index (χ1) is 13.1. The Labute approximate surface area is 163 Å². The van der Waals surface area contributed by atoms with Gasteiger partial charge in [0, 0.05) is 15.4 Å². The Morgan fingerprint density at radius 3 is 2.37 bits per heavy atom. The number of fused-ring (bicyclic) bond motifs is 1. The normalized spacial score (nSPS) is 10.7. The minimum atomic E-state index is -0.404. The lowest BCUT2D eigenvalue weighted by atomic mass is 10.0. The van der Waals surface area contributed by atoms with Crippen molar-refractivity contribution in [2.24, 2.45) is 0 Å². The third kappa shape index (κ3) is 3.55. The van der Waals surface area contributed by atoms with Gasteiger partial charge in [-0.3, -0.25) is 4.79 Å². The zero-order chi connectivity index (χ0) is 18.8. The Kier molecular flexibility index (Phi) is 4.60. The van der Waals surface area contributed by atoms with E-state index >= 15 is 0 Å². The second-order valence-corrected chi connectivity index (χ2v) is 6.85. The molecular formula is C22H14BrNO3. The van der Waals surface area contributed by atoms with E-state index in [2.05, 4.69) is 21.2 Å². The van der Waals surface area contributed by atoms with Crippen LogP contribution in [-0.2, 0) is 0 Å². The third-order valence-electron chi connectivity index (χ3n) is 4.22. The molecule has 1 heterocycles. The summed E-state index contributed by atoms with van der Waals surface area (Å²) in [5.41, 5.74) is 2.51. The second-order valence-electron chi connectivity index (χ2n) is 6.00. The van der Waals surface area contributed by atoms with Crippen LogP contribution >= 0.6 is 15.9 Å². The highest BCUT2D eigenvalue weighted by Gasteiger charge is 2.11. The predicted octanol–water partition coefficient (Wildman–Crippen LogP) is 5.47. The number of hydrogen-bond donors (Lipinski definition) is 1. The molecule has 0 bridgehead atoms. The van der Waals surface area contributed by atoms with E-state index in [0.29, 0.717) is 28.0 Å². The summed E-state index contributed by atoms with van der Waals surface area (Å²) in [5, 5.41) is 3.71. The Bertz CT molecular complexity index is 1200. The van der Waals surface area contributed by atoms with Gasteiger partial charge in [0.05, 0.1) is 11.3 Å². The molecule has 1 N–H and O–H groups in total. The number of carbonyl (C=O) groups is 1. The van der Waals surface area contributed by atoms with Crippen LogP contribution in [0.25, 0.3) is 22.1 Å². The smallest absolute Gasteiger partial charge is 0.344 e. The van der Waals surface area contributed by atoms with Crippen LogP contribution in [0.2, 0.25) is 0 Å². The van der Waals surface area contributed by atoms with Gasteiger partial charge in [-0.15, -0.1) is 0 Å². The lowest BCUT2D eigenvalue weighted by Gasteiger charge is -2.08. The number of carbonyl (C=O) groups excluding carboxylic acids is 1. The molecule has 0 atom stereocenters. The van der Waals surface area contributed by atoms with Gasteiger partial charge in [-0.25, -0.2) is 4.79 Å². The molecule has 0 aliphatic rings. The molecule has 3 aromatic carbocycles. The van der Waals surface area contributed by atoms with Crippen LogP contribution in [0.15, 0.2) is 92.5 Å². The molecular weight excluding hydrogens is 406 g/mol. The third-order valence-corrected chi connectivity index (χ3v) is 4.91. The van der Waals surface area contributed by atoms with Crippen molar-refractivity contribution < 1.29 is 9.21 Å². The van der Waals surface area contributed by atoms with E-state index < -0.39 is 5.63 Å². The molecule has 0 radical (unpaired) electrons. The summed E-state index contributed by atoms with van der Waals surface area (Å²) in [4.78, 5) is 24.7. The minimum Gasteiger partial charge on any atom is -0.422 e. The van der Waals surface area contributed by atoms with Crippen LogP contribution < -0.4 is 10.9 Å². The summed E-state index contributed by atoms with van der Waals surface area (Å²) in [6, 6.07) is 23.4. The van der Waals surface area contributed by atoms with Crippen LogP contribution in [-0.4, -0.2) is 5.91 Å². The van der Waals surface area contributed by atoms with Gasteiger partial charge in [0.25, 0.3) is 5.91 Å². The number of para-hydroxylation sites is 2. The van der Waals surface area contributed by atoms with Crippen LogP contribution in [0, 0.1) is 0 Å². The molecule has 132 valence electrons. The molecule has 4 rings (SSSR count). The van der Waals surface area contributed by atoms with E-state index in [0.717, 1.165) is 9.86 Å². The number of nitrogens with one attached hydrogen (secondary N) is 1. The van der Waals surface area contributed by atoms with Crippen LogP contribution in [0.3, 0.4) is 0 Å². The fourth-order valence-corrected chi connectivity index (χ4v) is 3.21. The summed E-state index contributed by atoms with van der Waals surface area (Å²) in [5.74, 6) is -0.223. The quantitative estimate of drug-likeness (QED) is 0.447. The van der Waals surface area contributed by atoms with Gasteiger partial charge >= 0.3 is 5.63 Å². The number of rotatable bonds is 3. The van der Waals surface area contributed by atoms with E-state index in [9.17, 15) is 9.59 Å². The van der Waals surface area contributed by atoms with E-state index in [1.54, 1.807) is 36.4 Å². The fraction of sp³-hybridized carbons (Fsp3) is 0. The highest BCUT2D eigenvalue weighted by molar-refractivity contribution is 9.10. The molecule has 27 heavy (non-hydrogen) atoms. The Balaban J connectivity index is 1.63. The molecule has 0 spiro atoms. The van der Waals surface area contributed by atoms with Crippen LogP contribution in [0.5, 0.6) is 0 Å². The molecule has 4 nitrogen and oxygen atoms in total. The lowest BCUT2D eigenvalue weighted by Crippen LogP contribution is -2.12. The van der Waals surface area contributed by atoms with Crippen molar-refractivity contribution in [2.45, 2.75) is 0 Å². The Morgan fingerprint density at radius 1 is 0.889 bits per heavy atom. The van der Waals surface area contributed by atoms with Gasteiger partial charge < -0.3 is 9.73 Å². The van der Waals surface area contributed by atoms with Crippen molar-refractivity contribution in [3.05, 3.63) is 99.3 Å². The lowest BCUT2D eigenvalue weighted by molar-refractivity contribution is 0.102. The molecule has 0 unspecified atom stereocenters. The van der Waals surface area contributed by atoms with E-state index in [4.69, 9.17) is 4.42 Å². The van der Waals surface area contributed by atoms with Crippen molar-refractivity contribution >= 4 is 38.5 Å². The van der Waals surface area contributed by atoms with Crippen LogP contribution in [0.4, 0.5) is 5.69 Å². The highest BCUT2D eigenvalue weighted by atomic mass is 79.9.